The van der Waals surface area contributed by atoms with Crippen molar-refractivity contribution in [2.75, 3.05) is 25.6 Å². The summed E-state index contributed by atoms with van der Waals surface area (Å²) in [6, 6.07) is 16.5. The number of para-hydroxylation sites is 1. The number of methoxy groups -OCH3 is 1. The second-order valence-electron chi connectivity index (χ2n) is 7.31. The van der Waals surface area contributed by atoms with Gasteiger partial charge in [-0.05, 0) is 66.3 Å². The second-order valence-corrected chi connectivity index (χ2v) is 7.69. The number of aromatic nitrogens is 4. The summed E-state index contributed by atoms with van der Waals surface area (Å²) in [6.07, 6.45) is 0. The molecule has 0 fully saturated rings. The molecule has 2 aromatic heterocycles. The van der Waals surface area contributed by atoms with Crippen LogP contribution in [0, 0.1) is 13.8 Å². The van der Waals surface area contributed by atoms with Gasteiger partial charge in [-0.1, -0.05) is 29.8 Å². The molecule has 0 aliphatic rings. The number of thiocarbonyl (C=S) groups is 1. The van der Waals surface area contributed by atoms with Crippen molar-refractivity contribution in [1.29, 1.82) is 0 Å². The molecule has 4 rings (SSSR count). The highest BCUT2D eigenvalue weighted by Gasteiger charge is 2.16. The molecule has 2 aromatic carbocycles. The van der Waals surface area contributed by atoms with Crippen LogP contribution in [0.15, 0.2) is 48.5 Å². The lowest BCUT2D eigenvalue weighted by atomic mass is 10.1. The topological polar surface area (TPSA) is 67.6 Å². The van der Waals surface area contributed by atoms with Gasteiger partial charge in [0.1, 0.15) is 0 Å². The number of benzene rings is 2. The maximum atomic E-state index is 5.75. The van der Waals surface area contributed by atoms with Gasteiger partial charge in [0, 0.05) is 36.8 Å². The van der Waals surface area contributed by atoms with Crippen LogP contribution in [0.25, 0.3) is 16.6 Å². The standard InChI is InChI=1S/C22H24N6OS/c1-15-8-9-20-17(12-15)13-18(21-24-25-26-28(20)21)14-27(10-11-29-3)22(30)23-19-7-5-4-6-16(19)2/h4-9,12-13H,10-11,14H2,1-3H3,(H,23,30). The number of pyridine rings is 1. The monoisotopic (exact) mass is 420 g/mol. The first-order chi connectivity index (χ1) is 14.6. The summed E-state index contributed by atoms with van der Waals surface area (Å²) >= 11 is 5.75. The van der Waals surface area contributed by atoms with Crippen LogP contribution >= 0.6 is 12.2 Å². The van der Waals surface area contributed by atoms with Gasteiger partial charge in [-0.25, -0.2) is 0 Å². The third kappa shape index (κ3) is 4.10. The molecule has 0 saturated carbocycles. The van der Waals surface area contributed by atoms with Gasteiger partial charge in [0.15, 0.2) is 10.8 Å². The molecule has 0 saturated heterocycles. The van der Waals surface area contributed by atoms with E-state index in [-0.39, 0.29) is 0 Å². The molecule has 8 heteroatoms. The number of nitrogens with zero attached hydrogens (tertiary/aromatic N) is 5. The summed E-state index contributed by atoms with van der Waals surface area (Å²) in [5, 5.41) is 17.5. The van der Waals surface area contributed by atoms with Crippen LogP contribution < -0.4 is 5.32 Å². The van der Waals surface area contributed by atoms with Gasteiger partial charge < -0.3 is 15.0 Å². The molecule has 4 aromatic rings. The summed E-state index contributed by atoms with van der Waals surface area (Å²) in [6.45, 7) is 5.91. The van der Waals surface area contributed by atoms with Crippen LogP contribution in [-0.4, -0.2) is 50.3 Å². The third-order valence-corrected chi connectivity index (χ3v) is 5.46. The molecule has 0 radical (unpaired) electrons. The lowest BCUT2D eigenvalue weighted by Crippen LogP contribution is -2.37. The first-order valence-electron chi connectivity index (χ1n) is 9.77. The van der Waals surface area contributed by atoms with Crippen LogP contribution in [0.4, 0.5) is 5.69 Å². The Bertz CT molecular complexity index is 1200. The number of hydrogen-bond donors (Lipinski definition) is 1. The first kappa shape index (κ1) is 20.2. The van der Waals surface area contributed by atoms with Gasteiger partial charge in [-0.2, -0.15) is 4.52 Å². The quantitative estimate of drug-likeness (QED) is 0.477. The highest BCUT2D eigenvalue weighted by atomic mass is 32.1. The highest BCUT2D eigenvalue weighted by molar-refractivity contribution is 7.80. The molecule has 30 heavy (non-hydrogen) atoms. The predicted octanol–water partition coefficient (Wildman–Crippen LogP) is 3.74. The normalized spacial score (nSPS) is 11.2. The zero-order valence-electron chi connectivity index (χ0n) is 17.3. The summed E-state index contributed by atoms with van der Waals surface area (Å²) in [7, 11) is 1.69. The number of ether oxygens (including phenoxy) is 1. The number of anilines is 1. The van der Waals surface area contributed by atoms with Crippen molar-refractivity contribution in [1.82, 2.24) is 24.9 Å². The van der Waals surface area contributed by atoms with E-state index < -0.39 is 0 Å². The van der Waals surface area contributed by atoms with E-state index in [9.17, 15) is 0 Å². The SMILES string of the molecule is COCCN(Cc1cc2cc(C)ccc2n2nnnc12)C(=S)Nc1ccccc1C. The Hall–Kier alpha value is -3.10. The number of fused-ring (bicyclic) bond motifs is 3. The lowest BCUT2D eigenvalue weighted by Gasteiger charge is -2.26. The molecular weight excluding hydrogens is 396 g/mol. The zero-order valence-corrected chi connectivity index (χ0v) is 18.1. The van der Waals surface area contributed by atoms with Gasteiger partial charge >= 0.3 is 0 Å². The van der Waals surface area contributed by atoms with E-state index in [1.54, 1.807) is 11.6 Å². The van der Waals surface area contributed by atoms with Crippen LogP contribution in [0.1, 0.15) is 16.7 Å². The second kappa shape index (κ2) is 8.73. The Labute approximate surface area is 180 Å². The Balaban J connectivity index is 1.68. The Morgan fingerprint density at radius 1 is 1.17 bits per heavy atom. The Kier molecular flexibility index (Phi) is 5.87. The van der Waals surface area contributed by atoms with Crippen LogP contribution in [0.5, 0.6) is 0 Å². The fraction of sp³-hybridized carbons (Fsp3) is 0.273. The van der Waals surface area contributed by atoms with E-state index >= 15 is 0 Å². The third-order valence-electron chi connectivity index (χ3n) is 5.10. The molecule has 7 nitrogen and oxygen atoms in total. The number of rotatable bonds is 6. The van der Waals surface area contributed by atoms with Crippen LogP contribution in [0.3, 0.4) is 0 Å². The molecule has 1 N–H and O–H groups in total. The van der Waals surface area contributed by atoms with Crippen molar-refractivity contribution in [2.24, 2.45) is 0 Å². The summed E-state index contributed by atoms with van der Waals surface area (Å²) < 4.78 is 7.11. The van der Waals surface area contributed by atoms with Gasteiger partial charge in [-0.15, -0.1) is 5.10 Å². The van der Waals surface area contributed by atoms with Gasteiger partial charge in [0.2, 0.25) is 0 Å². The Morgan fingerprint density at radius 2 is 2.00 bits per heavy atom. The molecule has 154 valence electrons. The minimum Gasteiger partial charge on any atom is -0.383 e. The maximum absolute atomic E-state index is 5.75. The highest BCUT2D eigenvalue weighted by Crippen LogP contribution is 2.22. The number of nitrogens with one attached hydrogen (secondary N) is 1. The van der Waals surface area contributed by atoms with Crippen molar-refractivity contribution < 1.29 is 4.74 Å². The largest absolute Gasteiger partial charge is 0.383 e. The van der Waals surface area contributed by atoms with Crippen molar-refractivity contribution >= 4 is 39.6 Å². The van der Waals surface area contributed by atoms with Gasteiger partial charge in [-0.3, -0.25) is 0 Å². The van der Waals surface area contributed by atoms with Crippen LogP contribution in [-0.2, 0) is 11.3 Å². The maximum Gasteiger partial charge on any atom is 0.184 e. The molecule has 0 spiro atoms. The molecule has 0 atom stereocenters. The average Bonchev–Trinajstić information content (AvgIpc) is 3.22. The molecule has 2 heterocycles. The van der Waals surface area contributed by atoms with E-state index in [4.69, 9.17) is 17.0 Å². The first-order valence-corrected chi connectivity index (χ1v) is 10.2. The van der Waals surface area contributed by atoms with Crippen molar-refractivity contribution in [3.05, 3.63) is 65.2 Å². The van der Waals surface area contributed by atoms with E-state index in [1.165, 1.54) is 5.56 Å². The van der Waals surface area contributed by atoms with Crippen molar-refractivity contribution in [2.45, 2.75) is 20.4 Å². The number of tetrazole rings is 1. The van der Waals surface area contributed by atoms with Crippen LogP contribution in [0.2, 0.25) is 0 Å². The smallest absolute Gasteiger partial charge is 0.184 e. The molecule has 0 unspecified atom stereocenters. The predicted molar refractivity (Wildman–Crippen MR) is 123 cm³/mol. The molecule has 0 bridgehead atoms. The summed E-state index contributed by atoms with van der Waals surface area (Å²) in [4.78, 5) is 2.08. The molecule has 0 aliphatic carbocycles. The fourth-order valence-corrected chi connectivity index (χ4v) is 3.73. The average molecular weight is 421 g/mol. The van der Waals surface area contributed by atoms with Gasteiger partial charge in [0.25, 0.3) is 0 Å². The molecule has 0 aliphatic heterocycles. The van der Waals surface area contributed by atoms with Crippen molar-refractivity contribution in [3.8, 4) is 0 Å². The molecule has 0 amide bonds. The minimum absolute atomic E-state index is 0.559. The van der Waals surface area contributed by atoms with E-state index in [1.807, 2.05) is 24.3 Å². The summed E-state index contributed by atoms with van der Waals surface area (Å²) in [5.74, 6) is 0. The number of aryl methyl sites for hydroxylation is 2. The lowest BCUT2D eigenvalue weighted by molar-refractivity contribution is 0.175. The van der Waals surface area contributed by atoms with E-state index in [0.717, 1.165) is 33.4 Å². The number of hydrogen-bond acceptors (Lipinski definition) is 5. The van der Waals surface area contributed by atoms with E-state index in [0.29, 0.717) is 24.8 Å². The van der Waals surface area contributed by atoms with Crippen molar-refractivity contribution in [3.63, 3.8) is 0 Å². The minimum atomic E-state index is 0.559. The molecular formula is C22H24N6OS. The van der Waals surface area contributed by atoms with E-state index in [2.05, 4.69) is 63.9 Å². The Morgan fingerprint density at radius 3 is 2.80 bits per heavy atom. The summed E-state index contributed by atoms with van der Waals surface area (Å²) in [5.41, 5.74) is 6.03. The fourth-order valence-electron chi connectivity index (χ4n) is 3.47. The van der Waals surface area contributed by atoms with Gasteiger partial charge in [0.05, 0.1) is 12.1 Å². The zero-order chi connectivity index (χ0) is 21.1.